The van der Waals surface area contributed by atoms with Crippen LogP contribution in [0.5, 0.6) is 11.5 Å². The summed E-state index contributed by atoms with van der Waals surface area (Å²) < 4.78 is 52.6. The van der Waals surface area contributed by atoms with Crippen molar-refractivity contribution in [3.8, 4) is 11.5 Å². The Morgan fingerprint density at radius 1 is 1.22 bits per heavy atom. The molecular formula is C24H36F3N3O6. The van der Waals surface area contributed by atoms with Crippen LogP contribution in [-0.4, -0.2) is 80.3 Å². The quantitative estimate of drug-likeness (QED) is 0.150. The summed E-state index contributed by atoms with van der Waals surface area (Å²) in [6.07, 6.45) is -3.19. The Bertz CT molecular complexity index is 866. The summed E-state index contributed by atoms with van der Waals surface area (Å²) in [6, 6.07) is 5.17. The lowest BCUT2D eigenvalue weighted by Gasteiger charge is -2.31. The Hall–Kier alpha value is -2.99. The summed E-state index contributed by atoms with van der Waals surface area (Å²) in [7, 11) is 3.04. The lowest BCUT2D eigenvalue weighted by atomic mass is 10.0. The van der Waals surface area contributed by atoms with Crippen LogP contribution in [0.2, 0.25) is 0 Å². The van der Waals surface area contributed by atoms with Gasteiger partial charge in [-0.1, -0.05) is 26.3 Å². The number of halogens is 3. The van der Waals surface area contributed by atoms with Crippen molar-refractivity contribution in [2.45, 2.75) is 46.2 Å². The smallest absolute Gasteiger partial charge is 0.491 e. The standard InChI is InChI=1S/C24H36F3N3O6/c1-6-8-17(2)22(28-21(30(5)16-32)18(3)23(33)29(4)11-12-31)35-14-13-34-19-9-7-10-20(15-19)36-24(25,26)27/h7,9-10,15-17,22,28,31H,6,8,11-14H2,1-5H3/b21-18-. The third-order valence-corrected chi connectivity index (χ3v) is 5.20. The molecule has 2 unspecified atom stereocenters. The van der Waals surface area contributed by atoms with Gasteiger partial charge in [-0.2, -0.15) is 0 Å². The fraction of sp³-hybridized carbons (Fsp3) is 0.583. The van der Waals surface area contributed by atoms with E-state index in [0.29, 0.717) is 6.41 Å². The van der Waals surface area contributed by atoms with Crippen LogP contribution in [-0.2, 0) is 14.3 Å². The molecule has 0 aliphatic heterocycles. The largest absolute Gasteiger partial charge is 0.573 e. The molecule has 0 aromatic heterocycles. The van der Waals surface area contributed by atoms with Gasteiger partial charge in [-0.3, -0.25) is 9.59 Å². The summed E-state index contributed by atoms with van der Waals surface area (Å²) in [5.74, 6) is -0.347. The molecule has 2 N–H and O–H groups in total. The molecular weight excluding hydrogens is 483 g/mol. The van der Waals surface area contributed by atoms with Gasteiger partial charge in [0.2, 0.25) is 6.41 Å². The van der Waals surface area contributed by atoms with Gasteiger partial charge in [-0.05, 0) is 25.5 Å². The predicted octanol–water partition coefficient (Wildman–Crippen LogP) is 3.10. The van der Waals surface area contributed by atoms with Crippen molar-refractivity contribution < 1.29 is 42.1 Å². The number of aliphatic hydroxyl groups is 1. The van der Waals surface area contributed by atoms with Gasteiger partial charge in [-0.15, -0.1) is 13.2 Å². The van der Waals surface area contributed by atoms with E-state index in [1.165, 1.54) is 35.0 Å². The third-order valence-electron chi connectivity index (χ3n) is 5.20. The number of nitrogens with zero attached hydrogens (tertiary/aromatic N) is 2. The second-order valence-corrected chi connectivity index (χ2v) is 8.21. The van der Waals surface area contributed by atoms with E-state index in [2.05, 4.69) is 10.1 Å². The van der Waals surface area contributed by atoms with Gasteiger partial charge in [0.25, 0.3) is 5.91 Å². The van der Waals surface area contributed by atoms with Crippen LogP contribution in [0.1, 0.15) is 33.6 Å². The zero-order chi connectivity index (χ0) is 27.3. The first kappa shape index (κ1) is 31.0. The second kappa shape index (κ2) is 15.2. The third kappa shape index (κ3) is 10.7. The average molecular weight is 520 g/mol. The summed E-state index contributed by atoms with van der Waals surface area (Å²) >= 11 is 0. The molecule has 0 heterocycles. The molecule has 204 valence electrons. The number of likely N-dealkylation sites (N-methyl/N-ethyl adjacent to an activating group) is 1. The highest BCUT2D eigenvalue weighted by Gasteiger charge is 2.31. The summed E-state index contributed by atoms with van der Waals surface area (Å²) in [4.78, 5) is 26.8. The maximum Gasteiger partial charge on any atom is 0.573 e. The first-order valence-corrected chi connectivity index (χ1v) is 11.6. The molecule has 12 heteroatoms. The zero-order valence-electron chi connectivity index (χ0n) is 21.3. The van der Waals surface area contributed by atoms with Crippen LogP contribution >= 0.6 is 0 Å². The molecule has 0 fully saturated rings. The maximum atomic E-state index is 12.7. The summed E-state index contributed by atoms with van der Waals surface area (Å²) in [6.45, 7) is 5.57. The van der Waals surface area contributed by atoms with Crippen molar-refractivity contribution in [3.63, 3.8) is 0 Å². The molecule has 0 saturated heterocycles. The Morgan fingerprint density at radius 3 is 2.47 bits per heavy atom. The number of carbonyl (C=O) groups is 2. The minimum atomic E-state index is -4.80. The topological polar surface area (TPSA) is 101 Å². The molecule has 0 aliphatic rings. The number of amides is 2. The minimum absolute atomic E-state index is 0.0216. The van der Waals surface area contributed by atoms with Crippen LogP contribution in [0.3, 0.4) is 0 Å². The highest BCUT2D eigenvalue weighted by Crippen LogP contribution is 2.26. The van der Waals surface area contributed by atoms with E-state index in [1.807, 2.05) is 13.8 Å². The van der Waals surface area contributed by atoms with Crippen molar-refractivity contribution in [1.82, 2.24) is 15.1 Å². The predicted molar refractivity (Wildman–Crippen MR) is 127 cm³/mol. The highest BCUT2D eigenvalue weighted by atomic mass is 19.4. The highest BCUT2D eigenvalue weighted by molar-refractivity contribution is 5.93. The molecule has 1 aromatic carbocycles. The Morgan fingerprint density at radius 2 is 1.89 bits per heavy atom. The van der Waals surface area contributed by atoms with E-state index in [-0.39, 0.29) is 55.3 Å². The van der Waals surface area contributed by atoms with Crippen LogP contribution in [0, 0.1) is 5.92 Å². The van der Waals surface area contributed by atoms with Crippen LogP contribution in [0.4, 0.5) is 13.2 Å². The van der Waals surface area contributed by atoms with Gasteiger partial charge in [0.05, 0.1) is 18.8 Å². The van der Waals surface area contributed by atoms with Gasteiger partial charge < -0.3 is 34.4 Å². The lowest BCUT2D eigenvalue weighted by Crippen LogP contribution is -2.44. The van der Waals surface area contributed by atoms with Gasteiger partial charge in [-0.25, -0.2) is 0 Å². The number of hydrogen-bond donors (Lipinski definition) is 2. The first-order valence-electron chi connectivity index (χ1n) is 11.6. The normalized spacial score (nSPS) is 13.8. The van der Waals surface area contributed by atoms with Crippen molar-refractivity contribution in [3.05, 3.63) is 35.7 Å². The van der Waals surface area contributed by atoms with E-state index in [1.54, 1.807) is 14.0 Å². The van der Waals surface area contributed by atoms with Gasteiger partial charge in [0, 0.05) is 32.6 Å². The zero-order valence-corrected chi connectivity index (χ0v) is 21.3. The fourth-order valence-corrected chi connectivity index (χ4v) is 3.35. The van der Waals surface area contributed by atoms with E-state index in [9.17, 15) is 22.8 Å². The minimum Gasteiger partial charge on any atom is -0.491 e. The second-order valence-electron chi connectivity index (χ2n) is 8.21. The fourth-order valence-electron chi connectivity index (χ4n) is 3.35. The molecule has 0 aliphatic carbocycles. The van der Waals surface area contributed by atoms with Crippen LogP contribution in [0.25, 0.3) is 0 Å². The monoisotopic (exact) mass is 519 g/mol. The average Bonchev–Trinajstić information content (AvgIpc) is 2.81. The number of nitrogens with one attached hydrogen (secondary N) is 1. The van der Waals surface area contributed by atoms with Crippen LogP contribution in [0.15, 0.2) is 35.7 Å². The molecule has 0 bridgehead atoms. The van der Waals surface area contributed by atoms with Crippen molar-refractivity contribution in [2.75, 3.05) is 40.5 Å². The summed E-state index contributed by atoms with van der Waals surface area (Å²) in [5.41, 5.74) is 0.260. The maximum absolute atomic E-state index is 12.7. The Kier molecular flexibility index (Phi) is 13.1. The number of hydrogen-bond acceptors (Lipinski definition) is 7. The molecule has 0 radical (unpaired) electrons. The number of carbonyl (C=O) groups excluding carboxylic acids is 2. The van der Waals surface area contributed by atoms with E-state index >= 15 is 0 Å². The lowest BCUT2D eigenvalue weighted by molar-refractivity contribution is -0.274. The Balaban J connectivity index is 2.94. The van der Waals surface area contributed by atoms with E-state index in [4.69, 9.17) is 14.6 Å². The van der Waals surface area contributed by atoms with Gasteiger partial charge in [0.1, 0.15) is 30.2 Å². The van der Waals surface area contributed by atoms with Crippen LogP contribution < -0.4 is 14.8 Å². The molecule has 2 amide bonds. The van der Waals surface area contributed by atoms with Crippen molar-refractivity contribution >= 4 is 12.3 Å². The van der Waals surface area contributed by atoms with Gasteiger partial charge in [0.15, 0.2) is 0 Å². The number of aliphatic hydroxyl groups excluding tert-OH is 1. The number of rotatable bonds is 16. The first-order chi connectivity index (χ1) is 16.9. The van der Waals surface area contributed by atoms with Crippen molar-refractivity contribution in [1.29, 1.82) is 0 Å². The molecule has 1 rings (SSSR count). The van der Waals surface area contributed by atoms with Crippen molar-refractivity contribution in [2.24, 2.45) is 5.92 Å². The van der Waals surface area contributed by atoms with E-state index < -0.39 is 18.3 Å². The number of ether oxygens (including phenoxy) is 3. The number of benzene rings is 1. The molecule has 0 saturated carbocycles. The number of alkyl halides is 3. The molecule has 9 nitrogen and oxygen atoms in total. The molecule has 0 spiro atoms. The summed E-state index contributed by atoms with van der Waals surface area (Å²) in [5, 5.41) is 12.3. The Labute approximate surface area is 209 Å². The molecule has 36 heavy (non-hydrogen) atoms. The van der Waals surface area contributed by atoms with E-state index in [0.717, 1.165) is 18.9 Å². The molecule has 2 atom stereocenters. The molecule has 1 aromatic rings. The van der Waals surface area contributed by atoms with Gasteiger partial charge >= 0.3 is 6.36 Å². The SMILES string of the molecule is CCCC(C)C(N/C(=C(\C)C(=O)N(C)CCO)N(C)C=O)OCCOc1cccc(OC(F)(F)F)c1.